The van der Waals surface area contributed by atoms with Gasteiger partial charge in [-0.25, -0.2) is 0 Å². The van der Waals surface area contributed by atoms with Crippen LogP contribution >= 0.6 is 0 Å². The van der Waals surface area contributed by atoms with Crippen LogP contribution in [0.1, 0.15) is 12.5 Å². The number of rotatable bonds is 10. The van der Waals surface area contributed by atoms with Crippen LogP contribution in [0.25, 0.3) is 0 Å². The molecule has 1 aromatic carbocycles. The Morgan fingerprint density at radius 1 is 1.20 bits per heavy atom. The molecule has 0 bridgehead atoms. The van der Waals surface area contributed by atoms with E-state index >= 15 is 0 Å². The Labute approximate surface area is 120 Å². The van der Waals surface area contributed by atoms with Gasteiger partial charge in [-0.05, 0) is 13.0 Å². The summed E-state index contributed by atoms with van der Waals surface area (Å²) < 4.78 is 15.7. The summed E-state index contributed by atoms with van der Waals surface area (Å²) in [5, 5.41) is 13.0. The van der Waals surface area contributed by atoms with Crippen molar-refractivity contribution in [1.29, 1.82) is 0 Å². The molecule has 1 rings (SSSR count). The van der Waals surface area contributed by atoms with E-state index in [0.29, 0.717) is 26.3 Å². The first-order chi connectivity index (χ1) is 9.67. The topological polar surface area (TPSA) is 60.0 Å². The molecule has 114 valence electrons. The normalized spacial score (nSPS) is 14.0. The van der Waals surface area contributed by atoms with Gasteiger partial charge in [0.25, 0.3) is 0 Å². The van der Waals surface area contributed by atoms with Gasteiger partial charge >= 0.3 is 0 Å². The molecule has 0 aromatic heterocycles. The quantitative estimate of drug-likeness (QED) is 0.675. The van der Waals surface area contributed by atoms with Crippen molar-refractivity contribution in [1.82, 2.24) is 5.32 Å². The molecule has 2 unspecified atom stereocenters. The highest BCUT2D eigenvalue weighted by molar-refractivity contribution is 5.32. The minimum Gasteiger partial charge on any atom is -0.496 e. The van der Waals surface area contributed by atoms with Crippen molar-refractivity contribution in [3.8, 4) is 5.75 Å². The first-order valence-corrected chi connectivity index (χ1v) is 6.78. The standard InChI is InChI=1S/C15H25NO4/c1-12(10-18-2)20-11-14(17)9-16-8-13-6-4-5-7-15(13)19-3/h4-7,12,14,16-17H,8-11H2,1-3H3. The molecule has 5 nitrogen and oxygen atoms in total. The first-order valence-electron chi connectivity index (χ1n) is 6.78. The lowest BCUT2D eigenvalue weighted by molar-refractivity contribution is -0.0311. The number of ether oxygens (including phenoxy) is 3. The van der Waals surface area contributed by atoms with Gasteiger partial charge in [-0.1, -0.05) is 18.2 Å². The van der Waals surface area contributed by atoms with Crippen LogP contribution in [0.15, 0.2) is 24.3 Å². The molecule has 0 saturated heterocycles. The van der Waals surface area contributed by atoms with Crippen molar-refractivity contribution in [3.63, 3.8) is 0 Å². The summed E-state index contributed by atoms with van der Waals surface area (Å²) >= 11 is 0. The van der Waals surface area contributed by atoms with Crippen molar-refractivity contribution in [2.24, 2.45) is 0 Å². The van der Waals surface area contributed by atoms with E-state index in [-0.39, 0.29) is 6.10 Å². The van der Waals surface area contributed by atoms with Crippen molar-refractivity contribution in [3.05, 3.63) is 29.8 Å². The summed E-state index contributed by atoms with van der Waals surface area (Å²) in [4.78, 5) is 0. The molecule has 0 amide bonds. The van der Waals surface area contributed by atoms with Gasteiger partial charge in [0.2, 0.25) is 0 Å². The molecule has 20 heavy (non-hydrogen) atoms. The molecule has 0 saturated carbocycles. The van der Waals surface area contributed by atoms with E-state index in [1.165, 1.54) is 0 Å². The lowest BCUT2D eigenvalue weighted by Crippen LogP contribution is -2.32. The number of para-hydroxylation sites is 1. The molecule has 0 aliphatic carbocycles. The van der Waals surface area contributed by atoms with E-state index in [4.69, 9.17) is 14.2 Å². The zero-order valence-corrected chi connectivity index (χ0v) is 12.5. The molecule has 5 heteroatoms. The van der Waals surface area contributed by atoms with Gasteiger partial charge < -0.3 is 24.6 Å². The first kappa shape index (κ1) is 16.9. The third kappa shape index (κ3) is 6.34. The number of hydrogen-bond donors (Lipinski definition) is 2. The number of methoxy groups -OCH3 is 2. The average molecular weight is 283 g/mol. The van der Waals surface area contributed by atoms with Crippen LogP contribution in [0, 0.1) is 0 Å². The van der Waals surface area contributed by atoms with Crippen LogP contribution in [0.2, 0.25) is 0 Å². The van der Waals surface area contributed by atoms with Crippen LogP contribution < -0.4 is 10.1 Å². The second-order valence-electron chi connectivity index (χ2n) is 4.70. The smallest absolute Gasteiger partial charge is 0.123 e. The third-order valence-electron chi connectivity index (χ3n) is 2.86. The van der Waals surface area contributed by atoms with E-state index in [1.54, 1.807) is 14.2 Å². The van der Waals surface area contributed by atoms with E-state index in [2.05, 4.69) is 5.32 Å². The predicted octanol–water partition coefficient (Wildman–Crippen LogP) is 1.20. The predicted molar refractivity (Wildman–Crippen MR) is 78.0 cm³/mol. The fourth-order valence-electron chi connectivity index (χ4n) is 1.84. The molecule has 2 N–H and O–H groups in total. The van der Waals surface area contributed by atoms with Gasteiger partial charge in [0.1, 0.15) is 5.75 Å². The number of benzene rings is 1. The zero-order chi connectivity index (χ0) is 14.8. The lowest BCUT2D eigenvalue weighted by atomic mass is 10.2. The molecule has 0 aliphatic rings. The maximum Gasteiger partial charge on any atom is 0.123 e. The summed E-state index contributed by atoms with van der Waals surface area (Å²) in [5.74, 6) is 0.847. The number of aliphatic hydroxyl groups excluding tert-OH is 1. The van der Waals surface area contributed by atoms with Gasteiger partial charge in [-0.2, -0.15) is 0 Å². The molecule has 0 spiro atoms. The second-order valence-corrected chi connectivity index (χ2v) is 4.70. The largest absolute Gasteiger partial charge is 0.496 e. The SMILES string of the molecule is COCC(C)OCC(O)CNCc1ccccc1OC. The Morgan fingerprint density at radius 3 is 2.65 bits per heavy atom. The molecule has 2 atom stereocenters. The highest BCUT2D eigenvalue weighted by atomic mass is 16.5. The number of aliphatic hydroxyl groups is 1. The van der Waals surface area contributed by atoms with Gasteiger partial charge in [0, 0.05) is 25.8 Å². The van der Waals surface area contributed by atoms with Crippen molar-refractivity contribution in [2.75, 3.05) is 34.0 Å². The molecule has 1 aromatic rings. The van der Waals surface area contributed by atoms with Crippen LogP contribution in [-0.2, 0) is 16.0 Å². The molecule has 0 heterocycles. The molecular formula is C15H25NO4. The minimum absolute atomic E-state index is 0.0103. The summed E-state index contributed by atoms with van der Waals surface area (Å²) in [5.41, 5.74) is 1.07. The molecular weight excluding hydrogens is 258 g/mol. The number of hydrogen-bond acceptors (Lipinski definition) is 5. The van der Waals surface area contributed by atoms with Crippen LogP contribution in [0.4, 0.5) is 0 Å². The third-order valence-corrected chi connectivity index (χ3v) is 2.86. The highest BCUT2D eigenvalue weighted by Gasteiger charge is 2.08. The monoisotopic (exact) mass is 283 g/mol. The minimum atomic E-state index is -0.538. The van der Waals surface area contributed by atoms with Gasteiger partial charge in [-0.15, -0.1) is 0 Å². The average Bonchev–Trinajstić information content (AvgIpc) is 2.46. The van der Waals surface area contributed by atoms with Crippen molar-refractivity contribution in [2.45, 2.75) is 25.7 Å². The Morgan fingerprint density at radius 2 is 1.95 bits per heavy atom. The van der Waals surface area contributed by atoms with Gasteiger partial charge in [0.05, 0.1) is 32.5 Å². The maximum absolute atomic E-state index is 9.81. The fourth-order valence-corrected chi connectivity index (χ4v) is 1.84. The summed E-state index contributed by atoms with van der Waals surface area (Å²) in [7, 11) is 3.28. The van der Waals surface area contributed by atoms with E-state index in [1.807, 2.05) is 31.2 Å². The Kier molecular flexibility index (Phi) is 8.22. The van der Waals surface area contributed by atoms with Crippen LogP contribution in [0.3, 0.4) is 0 Å². The molecule has 0 fully saturated rings. The van der Waals surface area contributed by atoms with Crippen LogP contribution in [0.5, 0.6) is 5.75 Å². The Balaban J connectivity index is 2.23. The maximum atomic E-state index is 9.81. The van der Waals surface area contributed by atoms with Crippen molar-refractivity contribution >= 4 is 0 Å². The fraction of sp³-hybridized carbons (Fsp3) is 0.600. The second kappa shape index (κ2) is 9.72. The summed E-state index contributed by atoms with van der Waals surface area (Å²) in [6, 6.07) is 7.81. The molecule has 0 radical (unpaired) electrons. The Bertz CT molecular complexity index is 373. The zero-order valence-electron chi connectivity index (χ0n) is 12.5. The van der Waals surface area contributed by atoms with E-state index in [9.17, 15) is 5.11 Å². The molecule has 0 aliphatic heterocycles. The van der Waals surface area contributed by atoms with Crippen molar-refractivity contribution < 1.29 is 19.3 Å². The van der Waals surface area contributed by atoms with Crippen LogP contribution in [-0.4, -0.2) is 51.3 Å². The number of nitrogens with one attached hydrogen (secondary N) is 1. The van der Waals surface area contributed by atoms with Gasteiger partial charge in [-0.3, -0.25) is 0 Å². The summed E-state index contributed by atoms with van der Waals surface area (Å²) in [6.45, 7) is 3.86. The van der Waals surface area contributed by atoms with E-state index in [0.717, 1.165) is 11.3 Å². The Hall–Kier alpha value is -1.14. The highest BCUT2D eigenvalue weighted by Crippen LogP contribution is 2.16. The van der Waals surface area contributed by atoms with E-state index < -0.39 is 6.10 Å². The lowest BCUT2D eigenvalue weighted by Gasteiger charge is -2.16. The van der Waals surface area contributed by atoms with Gasteiger partial charge in [0.15, 0.2) is 0 Å². The summed E-state index contributed by atoms with van der Waals surface area (Å²) in [6.07, 6.45) is -0.548.